The molecule has 1 aromatic rings. The maximum absolute atomic E-state index is 12.7. The van der Waals surface area contributed by atoms with Gasteiger partial charge in [-0.05, 0) is 37.2 Å². The van der Waals surface area contributed by atoms with Gasteiger partial charge in [0.2, 0.25) is 5.91 Å². The number of hydrogen-bond donors (Lipinski definition) is 0. The van der Waals surface area contributed by atoms with Crippen LogP contribution in [0.15, 0.2) is 24.3 Å². The summed E-state index contributed by atoms with van der Waals surface area (Å²) in [5.74, 6) is 0.391. The van der Waals surface area contributed by atoms with Crippen molar-refractivity contribution in [2.75, 3.05) is 19.7 Å². The van der Waals surface area contributed by atoms with Crippen molar-refractivity contribution in [1.29, 1.82) is 0 Å². The molecule has 1 aliphatic carbocycles. The minimum Gasteiger partial charge on any atom is -0.465 e. The van der Waals surface area contributed by atoms with Crippen molar-refractivity contribution in [3.05, 3.63) is 35.4 Å². The lowest BCUT2D eigenvalue weighted by atomic mass is 9.61. The molecule has 0 bridgehead atoms. The fourth-order valence-corrected chi connectivity index (χ4v) is 4.67. The Bertz CT molecular complexity index is 690. The van der Waals surface area contributed by atoms with E-state index >= 15 is 0 Å². The Morgan fingerprint density at radius 3 is 2.35 bits per heavy atom. The highest BCUT2D eigenvalue weighted by Crippen LogP contribution is 2.52. The summed E-state index contributed by atoms with van der Waals surface area (Å²) in [4.78, 5) is 25.9. The van der Waals surface area contributed by atoms with Gasteiger partial charge in [-0.2, -0.15) is 0 Å². The number of ether oxygens (including phenoxy) is 1. The molecule has 0 atom stereocenters. The Balaban J connectivity index is 1.28. The molecule has 1 aromatic carbocycles. The van der Waals surface area contributed by atoms with E-state index in [2.05, 4.69) is 0 Å². The number of amides is 1. The highest BCUT2D eigenvalue weighted by atomic mass is 19.3. The number of nitrogens with zero attached hydrogens (tertiary/aromatic N) is 1. The smallest absolute Gasteiger partial charge is 0.306 e. The third-order valence-corrected chi connectivity index (χ3v) is 6.23. The molecule has 0 radical (unpaired) electrons. The molecule has 0 unspecified atom stereocenters. The van der Waals surface area contributed by atoms with E-state index in [0.717, 1.165) is 31.2 Å². The van der Waals surface area contributed by atoms with Crippen LogP contribution in [0.2, 0.25) is 0 Å². The molecule has 2 heterocycles. The highest BCUT2D eigenvalue weighted by Gasteiger charge is 2.53. The Hall–Kier alpha value is -1.98. The number of carbonyl (C=O) groups is 2. The number of cyclic esters (lactones) is 1. The molecule has 2 saturated heterocycles. The van der Waals surface area contributed by atoms with Crippen LogP contribution in [-0.4, -0.2) is 36.5 Å². The van der Waals surface area contributed by atoms with Crippen LogP contribution in [0.5, 0.6) is 0 Å². The molecule has 0 N–H and O–H groups in total. The SMILES string of the molecule is O=C1CC2(CO1)CC(C(=O)N1CCC(c3ccc(C(F)F)cc3)CC1)C2. The van der Waals surface area contributed by atoms with Crippen LogP contribution in [0, 0.1) is 11.3 Å². The molecule has 0 aromatic heterocycles. The molecule has 4 rings (SSSR count). The zero-order valence-corrected chi connectivity index (χ0v) is 14.6. The molecule has 1 spiro atoms. The zero-order chi connectivity index (χ0) is 18.3. The summed E-state index contributed by atoms with van der Waals surface area (Å²) in [6, 6.07) is 6.57. The monoisotopic (exact) mass is 363 g/mol. The van der Waals surface area contributed by atoms with Gasteiger partial charge in [0.25, 0.3) is 6.43 Å². The van der Waals surface area contributed by atoms with Gasteiger partial charge in [0.1, 0.15) is 0 Å². The van der Waals surface area contributed by atoms with Crippen LogP contribution in [0.3, 0.4) is 0 Å². The van der Waals surface area contributed by atoms with Crippen molar-refractivity contribution in [2.45, 2.75) is 44.4 Å². The number of benzene rings is 1. The van der Waals surface area contributed by atoms with Crippen molar-refractivity contribution in [3.63, 3.8) is 0 Å². The lowest BCUT2D eigenvalue weighted by Crippen LogP contribution is -2.49. The lowest BCUT2D eigenvalue weighted by Gasteiger charge is -2.45. The average molecular weight is 363 g/mol. The number of hydrogen-bond acceptors (Lipinski definition) is 3. The van der Waals surface area contributed by atoms with Crippen LogP contribution in [0.4, 0.5) is 8.78 Å². The molecule has 1 saturated carbocycles. The number of alkyl halides is 2. The summed E-state index contributed by atoms with van der Waals surface area (Å²) in [6.07, 6.45) is 1.25. The fraction of sp³-hybridized carbons (Fsp3) is 0.600. The molecule has 140 valence electrons. The van der Waals surface area contributed by atoms with E-state index in [1.165, 1.54) is 12.1 Å². The van der Waals surface area contributed by atoms with Crippen molar-refractivity contribution < 1.29 is 23.1 Å². The molecular formula is C20H23F2NO3. The van der Waals surface area contributed by atoms with Gasteiger partial charge < -0.3 is 9.64 Å². The van der Waals surface area contributed by atoms with Crippen molar-refractivity contribution in [1.82, 2.24) is 4.90 Å². The minimum absolute atomic E-state index is 0.0198. The summed E-state index contributed by atoms with van der Waals surface area (Å²) < 4.78 is 30.4. The van der Waals surface area contributed by atoms with Crippen LogP contribution in [0.1, 0.15) is 55.6 Å². The summed E-state index contributed by atoms with van der Waals surface area (Å²) >= 11 is 0. The van der Waals surface area contributed by atoms with E-state index in [4.69, 9.17) is 4.74 Å². The van der Waals surface area contributed by atoms with Crippen molar-refractivity contribution in [2.24, 2.45) is 11.3 Å². The largest absolute Gasteiger partial charge is 0.465 e. The second kappa shape index (κ2) is 6.63. The van der Waals surface area contributed by atoms with Crippen molar-refractivity contribution >= 4 is 11.9 Å². The first-order chi connectivity index (χ1) is 12.5. The van der Waals surface area contributed by atoms with Crippen molar-refractivity contribution in [3.8, 4) is 0 Å². The van der Waals surface area contributed by atoms with Gasteiger partial charge in [0.15, 0.2) is 0 Å². The standard InChI is InChI=1S/C20H23F2NO3/c21-18(22)15-3-1-13(2-4-15)14-5-7-23(8-6-14)19(25)16-9-20(10-16)11-17(24)26-12-20/h1-4,14,16,18H,5-12H2. The third kappa shape index (κ3) is 3.21. The Morgan fingerprint density at radius 1 is 1.15 bits per heavy atom. The van der Waals surface area contributed by atoms with Gasteiger partial charge >= 0.3 is 5.97 Å². The molecule has 1 amide bonds. The average Bonchev–Trinajstić information content (AvgIpc) is 3.02. The maximum atomic E-state index is 12.7. The Morgan fingerprint density at radius 2 is 1.81 bits per heavy atom. The van der Waals surface area contributed by atoms with E-state index in [9.17, 15) is 18.4 Å². The van der Waals surface area contributed by atoms with Crippen LogP contribution < -0.4 is 0 Å². The Labute approximate surface area is 151 Å². The van der Waals surface area contributed by atoms with Gasteiger partial charge in [-0.25, -0.2) is 8.78 Å². The quantitative estimate of drug-likeness (QED) is 0.770. The van der Waals surface area contributed by atoms with Crippen LogP contribution in [0.25, 0.3) is 0 Å². The number of halogens is 2. The number of esters is 1. The van der Waals surface area contributed by atoms with Gasteiger partial charge in [-0.3, -0.25) is 9.59 Å². The zero-order valence-electron chi connectivity index (χ0n) is 14.6. The Kier molecular flexibility index (Phi) is 4.45. The van der Waals surface area contributed by atoms with Gasteiger partial charge in [-0.1, -0.05) is 24.3 Å². The number of carbonyl (C=O) groups excluding carboxylic acids is 2. The lowest BCUT2D eigenvalue weighted by molar-refractivity contribution is -0.144. The molecule has 3 aliphatic rings. The molecule has 2 aliphatic heterocycles. The number of likely N-dealkylation sites (tertiary alicyclic amines) is 1. The summed E-state index contributed by atoms with van der Waals surface area (Å²) in [5.41, 5.74) is 1.04. The molecule has 26 heavy (non-hydrogen) atoms. The third-order valence-electron chi connectivity index (χ3n) is 6.23. The first-order valence-corrected chi connectivity index (χ1v) is 9.28. The maximum Gasteiger partial charge on any atom is 0.306 e. The first kappa shape index (κ1) is 17.4. The second-order valence-electron chi connectivity index (χ2n) is 8.01. The predicted octanol–water partition coefficient (Wildman–Crippen LogP) is 3.67. The van der Waals surface area contributed by atoms with E-state index in [0.29, 0.717) is 32.0 Å². The van der Waals surface area contributed by atoms with E-state index in [1.807, 2.05) is 4.90 Å². The number of piperidine rings is 1. The fourth-order valence-electron chi connectivity index (χ4n) is 4.67. The summed E-state index contributed by atoms with van der Waals surface area (Å²) in [7, 11) is 0. The van der Waals surface area contributed by atoms with E-state index in [1.54, 1.807) is 12.1 Å². The highest BCUT2D eigenvalue weighted by molar-refractivity contribution is 5.81. The van der Waals surface area contributed by atoms with Crippen LogP contribution >= 0.6 is 0 Å². The van der Waals surface area contributed by atoms with Crippen LogP contribution in [-0.2, 0) is 14.3 Å². The topological polar surface area (TPSA) is 46.6 Å². The minimum atomic E-state index is -2.44. The predicted molar refractivity (Wildman–Crippen MR) is 90.7 cm³/mol. The summed E-state index contributed by atoms with van der Waals surface area (Å²) in [5, 5.41) is 0. The van der Waals surface area contributed by atoms with Gasteiger partial charge in [0, 0.05) is 30.0 Å². The summed E-state index contributed by atoms with van der Waals surface area (Å²) in [6.45, 7) is 1.88. The molecule has 4 nitrogen and oxygen atoms in total. The van der Waals surface area contributed by atoms with E-state index in [-0.39, 0.29) is 28.8 Å². The van der Waals surface area contributed by atoms with Gasteiger partial charge in [-0.15, -0.1) is 0 Å². The van der Waals surface area contributed by atoms with E-state index < -0.39 is 6.43 Å². The molecular weight excluding hydrogens is 340 g/mol. The second-order valence-corrected chi connectivity index (χ2v) is 8.01. The molecule has 6 heteroatoms. The first-order valence-electron chi connectivity index (χ1n) is 9.28. The van der Waals surface area contributed by atoms with Gasteiger partial charge in [0.05, 0.1) is 13.0 Å². The molecule has 3 fully saturated rings. The normalized spacial score (nSPS) is 29.1. The number of rotatable bonds is 3.